The molecule has 0 amide bonds. The lowest BCUT2D eigenvalue weighted by Gasteiger charge is -2.21. The van der Waals surface area contributed by atoms with Crippen LogP contribution in [0.25, 0.3) is 11.0 Å². The zero-order chi connectivity index (χ0) is 22.9. The summed E-state index contributed by atoms with van der Waals surface area (Å²) in [5.41, 5.74) is 1.37. The summed E-state index contributed by atoms with van der Waals surface area (Å²) in [6, 6.07) is 9.70. The lowest BCUT2D eigenvalue weighted by Crippen LogP contribution is -2.26. The van der Waals surface area contributed by atoms with Gasteiger partial charge >= 0.3 is 5.97 Å². The Morgan fingerprint density at radius 1 is 1.22 bits per heavy atom. The number of rotatable bonds is 6. The molecule has 1 aromatic carbocycles. The minimum absolute atomic E-state index is 0.154. The van der Waals surface area contributed by atoms with E-state index in [2.05, 4.69) is 9.88 Å². The number of esters is 1. The van der Waals surface area contributed by atoms with E-state index < -0.39 is 5.60 Å². The summed E-state index contributed by atoms with van der Waals surface area (Å²) in [6.07, 6.45) is 3.02. The molecule has 4 rings (SSSR count). The maximum absolute atomic E-state index is 12.3. The van der Waals surface area contributed by atoms with E-state index in [0.717, 1.165) is 47.7 Å². The molecule has 32 heavy (non-hydrogen) atoms. The lowest BCUT2D eigenvalue weighted by atomic mass is 10.1. The van der Waals surface area contributed by atoms with Crippen molar-refractivity contribution in [2.75, 3.05) is 25.1 Å². The van der Waals surface area contributed by atoms with Crippen molar-refractivity contribution in [3.05, 3.63) is 47.1 Å². The molecule has 0 aliphatic carbocycles. The highest BCUT2D eigenvalue weighted by Crippen LogP contribution is 2.35. The molecule has 0 saturated carbocycles. The monoisotopic (exact) mass is 456 g/mol. The van der Waals surface area contributed by atoms with Crippen molar-refractivity contribution in [1.82, 2.24) is 14.8 Å². The van der Waals surface area contributed by atoms with Crippen molar-refractivity contribution in [2.45, 2.75) is 45.8 Å². The van der Waals surface area contributed by atoms with Crippen molar-refractivity contribution in [1.29, 1.82) is 0 Å². The van der Waals surface area contributed by atoms with Crippen LogP contribution >= 0.6 is 11.6 Å². The summed E-state index contributed by atoms with van der Waals surface area (Å²) >= 11 is 6.58. The number of pyridine rings is 1. The van der Waals surface area contributed by atoms with E-state index in [-0.39, 0.29) is 11.9 Å². The number of hydrogen-bond acceptors (Lipinski definition) is 6. The van der Waals surface area contributed by atoms with E-state index in [9.17, 15) is 4.79 Å². The van der Waals surface area contributed by atoms with Crippen LogP contribution in [-0.2, 0) is 16.1 Å². The number of anilines is 1. The number of carbonyl (C=O) groups excluding carboxylic acids is 1. The number of aromatic nitrogens is 3. The van der Waals surface area contributed by atoms with Crippen molar-refractivity contribution in [3.8, 4) is 5.75 Å². The largest absolute Gasteiger partial charge is 0.497 e. The summed E-state index contributed by atoms with van der Waals surface area (Å²) in [5, 5.41) is 6.37. The molecule has 0 unspecified atom stereocenters. The lowest BCUT2D eigenvalue weighted by molar-refractivity contribution is -0.155. The molecule has 0 bridgehead atoms. The fourth-order valence-corrected chi connectivity index (χ4v) is 4.31. The molecule has 0 radical (unpaired) electrons. The maximum atomic E-state index is 12.3. The third-order valence-corrected chi connectivity index (χ3v) is 5.83. The number of halogens is 1. The molecular formula is C24H29ClN4O3. The highest BCUT2D eigenvalue weighted by atomic mass is 35.5. The van der Waals surface area contributed by atoms with Gasteiger partial charge in [-0.05, 0) is 56.9 Å². The number of carbonyl (C=O) groups is 1. The fraction of sp³-hybridized carbons (Fsp3) is 0.458. The second-order valence-corrected chi connectivity index (χ2v) is 9.62. The Kier molecular flexibility index (Phi) is 6.29. The van der Waals surface area contributed by atoms with Gasteiger partial charge in [-0.3, -0.25) is 4.79 Å². The molecule has 170 valence electrons. The van der Waals surface area contributed by atoms with E-state index in [1.54, 1.807) is 19.4 Å². The van der Waals surface area contributed by atoms with E-state index in [4.69, 9.17) is 26.2 Å². The van der Waals surface area contributed by atoms with Gasteiger partial charge in [0.1, 0.15) is 11.4 Å². The van der Waals surface area contributed by atoms with E-state index >= 15 is 0 Å². The first-order valence-electron chi connectivity index (χ1n) is 10.8. The first-order valence-corrected chi connectivity index (χ1v) is 11.2. The van der Waals surface area contributed by atoms with Gasteiger partial charge in [0.25, 0.3) is 0 Å². The second-order valence-electron chi connectivity index (χ2n) is 9.21. The van der Waals surface area contributed by atoms with Gasteiger partial charge in [0.2, 0.25) is 0 Å². The number of nitrogens with zero attached hydrogens (tertiary/aromatic N) is 4. The fourth-order valence-electron chi connectivity index (χ4n) is 4.09. The Balaban J connectivity index is 1.56. The first kappa shape index (κ1) is 22.4. The average molecular weight is 457 g/mol. The number of hydrogen-bond donors (Lipinski definition) is 0. The highest BCUT2D eigenvalue weighted by Gasteiger charge is 2.30. The third-order valence-electron chi connectivity index (χ3n) is 5.52. The van der Waals surface area contributed by atoms with Crippen LogP contribution in [0.5, 0.6) is 5.75 Å². The van der Waals surface area contributed by atoms with Gasteiger partial charge in [-0.15, -0.1) is 0 Å². The van der Waals surface area contributed by atoms with E-state index in [0.29, 0.717) is 18.0 Å². The summed E-state index contributed by atoms with van der Waals surface area (Å²) in [5.74, 6) is 1.70. The van der Waals surface area contributed by atoms with Crippen LogP contribution in [0, 0.1) is 5.92 Å². The molecule has 8 heteroatoms. The van der Waals surface area contributed by atoms with Crippen molar-refractivity contribution in [2.24, 2.45) is 5.92 Å². The van der Waals surface area contributed by atoms with E-state index in [1.165, 1.54) is 0 Å². The Labute approximate surface area is 193 Å². The van der Waals surface area contributed by atoms with Gasteiger partial charge in [-0.25, -0.2) is 9.67 Å². The quantitative estimate of drug-likeness (QED) is 0.501. The van der Waals surface area contributed by atoms with Crippen LogP contribution in [-0.4, -0.2) is 46.5 Å². The zero-order valence-electron chi connectivity index (χ0n) is 19.0. The number of methoxy groups -OCH3 is 1. The van der Waals surface area contributed by atoms with Crippen LogP contribution < -0.4 is 9.64 Å². The summed E-state index contributed by atoms with van der Waals surface area (Å²) < 4.78 is 12.6. The predicted octanol–water partition coefficient (Wildman–Crippen LogP) is 4.70. The Bertz CT molecular complexity index is 1100. The Morgan fingerprint density at radius 2 is 1.97 bits per heavy atom. The standard InChI is InChI=1S/C24H29ClN4O3/c1-24(2,3)32-20(30)13-17-10-12-28(14-17)23-21-19(25)9-11-26-22(21)29(27-23)15-16-5-7-18(31-4)8-6-16/h5-9,11,17H,10,12-15H2,1-4H3/t17-/m0/s1. The minimum atomic E-state index is -0.467. The Morgan fingerprint density at radius 3 is 2.66 bits per heavy atom. The summed E-state index contributed by atoms with van der Waals surface area (Å²) in [4.78, 5) is 19.0. The number of fused-ring (bicyclic) bond motifs is 1. The SMILES string of the molecule is COc1ccc(Cn2nc(N3CC[C@@H](CC(=O)OC(C)(C)C)C3)c3c(Cl)ccnc32)cc1. The number of ether oxygens (including phenoxy) is 2. The van der Waals surface area contributed by atoms with Gasteiger partial charge < -0.3 is 14.4 Å². The third kappa shape index (κ3) is 4.99. The van der Waals surface area contributed by atoms with Gasteiger partial charge in [0.15, 0.2) is 11.5 Å². The van der Waals surface area contributed by atoms with Crippen molar-refractivity contribution in [3.63, 3.8) is 0 Å². The molecular weight excluding hydrogens is 428 g/mol. The molecule has 1 fully saturated rings. The maximum Gasteiger partial charge on any atom is 0.306 e. The van der Waals surface area contributed by atoms with Crippen LogP contribution in [0.15, 0.2) is 36.5 Å². The van der Waals surface area contributed by atoms with Crippen LogP contribution in [0.2, 0.25) is 5.02 Å². The van der Waals surface area contributed by atoms with Crippen molar-refractivity contribution >= 4 is 34.4 Å². The second kappa shape index (κ2) is 8.98. The van der Waals surface area contributed by atoms with Crippen LogP contribution in [0.4, 0.5) is 5.82 Å². The molecule has 0 N–H and O–H groups in total. The van der Waals surface area contributed by atoms with Gasteiger partial charge in [0, 0.05) is 19.3 Å². The molecule has 3 heterocycles. The van der Waals surface area contributed by atoms with Crippen LogP contribution in [0.1, 0.15) is 39.2 Å². The molecule has 7 nitrogen and oxygen atoms in total. The average Bonchev–Trinajstić information content (AvgIpc) is 3.33. The summed E-state index contributed by atoms with van der Waals surface area (Å²) in [7, 11) is 1.65. The minimum Gasteiger partial charge on any atom is -0.497 e. The van der Waals surface area contributed by atoms with Gasteiger partial charge in [-0.1, -0.05) is 23.7 Å². The van der Waals surface area contributed by atoms with E-state index in [1.807, 2.05) is 49.7 Å². The summed E-state index contributed by atoms with van der Waals surface area (Å²) in [6.45, 7) is 7.79. The van der Waals surface area contributed by atoms with Crippen molar-refractivity contribution < 1.29 is 14.3 Å². The van der Waals surface area contributed by atoms with Gasteiger partial charge in [0.05, 0.1) is 30.5 Å². The molecule has 1 aliphatic rings. The topological polar surface area (TPSA) is 69.5 Å². The smallest absolute Gasteiger partial charge is 0.306 e. The predicted molar refractivity (Wildman–Crippen MR) is 125 cm³/mol. The molecule has 3 aromatic rings. The first-order chi connectivity index (χ1) is 15.2. The highest BCUT2D eigenvalue weighted by molar-refractivity contribution is 6.36. The zero-order valence-corrected chi connectivity index (χ0v) is 19.7. The Hall–Kier alpha value is -2.80. The molecule has 0 spiro atoms. The van der Waals surface area contributed by atoms with Gasteiger partial charge in [-0.2, -0.15) is 5.10 Å². The molecule has 1 saturated heterocycles. The normalized spacial score (nSPS) is 16.5. The molecule has 1 aliphatic heterocycles. The number of benzene rings is 1. The van der Waals surface area contributed by atoms with Crippen LogP contribution in [0.3, 0.4) is 0 Å². The molecule has 2 aromatic heterocycles. The molecule has 1 atom stereocenters.